The van der Waals surface area contributed by atoms with Crippen LogP contribution in [0, 0.1) is 17.2 Å². The van der Waals surface area contributed by atoms with Crippen molar-refractivity contribution in [1.82, 2.24) is 4.98 Å². The molecule has 1 aromatic heterocycles. The van der Waals surface area contributed by atoms with Gasteiger partial charge in [-0.3, -0.25) is 5.43 Å². The highest BCUT2D eigenvalue weighted by Crippen LogP contribution is 2.26. The van der Waals surface area contributed by atoms with Crippen molar-refractivity contribution in [3.63, 3.8) is 0 Å². The summed E-state index contributed by atoms with van der Waals surface area (Å²) < 4.78 is 0. The monoisotopic (exact) mass is 310 g/mol. The van der Waals surface area contributed by atoms with E-state index in [4.69, 9.17) is 5.26 Å². The molecule has 1 aliphatic rings. The predicted octanol–water partition coefficient (Wildman–Crippen LogP) is 4.66. The smallest absolute Gasteiger partial charge is 0.203 e. The number of nitrogens with one attached hydrogen (secondary N) is 1. The third kappa shape index (κ3) is 3.34. The van der Waals surface area contributed by atoms with E-state index in [1.165, 1.54) is 25.0 Å². The van der Waals surface area contributed by atoms with Crippen molar-refractivity contribution in [1.29, 1.82) is 5.26 Å². The Bertz CT molecular complexity index is 709. The number of rotatable bonds is 3. The van der Waals surface area contributed by atoms with Gasteiger partial charge in [0.25, 0.3) is 0 Å². The van der Waals surface area contributed by atoms with E-state index in [1.54, 1.807) is 11.3 Å². The lowest BCUT2D eigenvalue weighted by molar-refractivity contribution is 0.558. The molecule has 1 heterocycles. The highest BCUT2D eigenvalue weighted by molar-refractivity contribution is 7.14. The minimum absolute atomic E-state index is 0.569. The van der Waals surface area contributed by atoms with E-state index >= 15 is 0 Å². The van der Waals surface area contributed by atoms with Crippen LogP contribution in [0.5, 0.6) is 0 Å². The molecule has 0 amide bonds. The van der Waals surface area contributed by atoms with Crippen molar-refractivity contribution in [2.75, 3.05) is 5.43 Å². The van der Waals surface area contributed by atoms with E-state index in [1.807, 2.05) is 29.6 Å². The second-order valence-corrected chi connectivity index (χ2v) is 6.45. The summed E-state index contributed by atoms with van der Waals surface area (Å²) in [6.07, 6.45) is 4.86. The van der Waals surface area contributed by atoms with Crippen LogP contribution in [0.25, 0.3) is 11.3 Å². The minimum atomic E-state index is 0.569. The molecule has 2 aromatic rings. The zero-order chi connectivity index (χ0) is 15.4. The zero-order valence-electron chi connectivity index (χ0n) is 12.5. The number of nitriles is 1. The van der Waals surface area contributed by atoms with E-state index in [0.29, 0.717) is 11.5 Å². The van der Waals surface area contributed by atoms with Crippen LogP contribution in [0.15, 0.2) is 34.7 Å². The molecule has 3 rings (SSSR count). The summed E-state index contributed by atoms with van der Waals surface area (Å²) in [7, 11) is 0. The number of anilines is 1. The van der Waals surface area contributed by atoms with Crippen molar-refractivity contribution in [3.8, 4) is 17.3 Å². The van der Waals surface area contributed by atoms with Crippen molar-refractivity contribution >= 4 is 22.2 Å². The SMILES string of the molecule is CC1CCCC/C1=N/Nc1nc(-c2ccc(C#N)cc2)cs1. The summed E-state index contributed by atoms with van der Waals surface area (Å²) in [5.41, 5.74) is 6.94. The van der Waals surface area contributed by atoms with Gasteiger partial charge in [0.2, 0.25) is 5.13 Å². The molecule has 1 atom stereocenters. The minimum Gasteiger partial charge on any atom is -0.253 e. The van der Waals surface area contributed by atoms with Crippen LogP contribution in [-0.2, 0) is 0 Å². The maximum atomic E-state index is 8.83. The van der Waals surface area contributed by atoms with Crippen LogP contribution in [0.2, 0.25) is 0 Å². The molecule has 4 nitrogen and oxygen atoms in total. The fourth-order valence-corrected chi connectivity index (χ4v) is 3.29. The molecule has 1 fully saturated rings. The van der Waals surface area contributed by atoms with Crippen LogP contribution >= 0.6 is 11.3 Å². The molecular weight excluding hydrogens is 292 g/mol. The summed E-state index contributed by atoms with van der Waals surface area (Å²) in [4.78, 5) is 4.56. The van der Waals surface area contributed by atoms with Gasteiger partial charge in [0.05, 0.1) is 17.3 Å². The van der Waals surface area contributed by atoms with Crippen molar-refractivity contribution in [2.24, 2.45) is 11.0 Å². The van der Waals surface area contributed by atoms with Gasteiger partial charge in [-0.25, -0.2) is 4.98 Å². The van der Waals surface area contributed by atoms with Gasteiger partial charge in [0.15, 0.2) is 0 Å². The lowest BCUT2D eigenvalue weighted by Crippen LogP contribution is -2.17. The topological polar surface area (TPSA) is 61.1 Å². The first-order valence-corrected chi connectivity index (χ1v) is 8.43. The van der Waals surface area contributed by atoms with Crippen molar-refractivity contribution in [2.45, 2.75) is 32.6 Å². The van der Waals surface area contributed by atoms with Gasteiger partial charge in [-0.1, -0.05) is 25.5 Å². The first kappa shape index (κ1) is 14.7. The van der Waals surface area contributed by atoms with Crippen molar-refractivity contribution < 1.29 is 0 Å². The average molecular weight is 310 g/mol. The van der Waals surface area contributed by atoms with Crippen LogP contribution in [-0.4, -0.2) is 10.7 Å². The molecule has 1 aliphatic carbocycles. The highest BCUT2D eigenvalue weighted by atomic mass is 32.1. The molecule has 0 saturated heterocycles. The van der Waals surface area contributed by atoms with Gasteiger partial charge >= 0.3 is 0 Å². The fourth-order valence-electron chi connectivity index (χ4n) is 2.63. The Morgan fingerprint density at radius 1 is 1.32 bits per heavy atom. The Balaban J connectivity index is 1.70. The van der Waals surface area contributed by atoms with Crippen LogP contribution in [0.1, 0.15) is 38.2 Å². The van der Waals surface area contributed by atoms with Crippen molar-refractivity contribution in [3.05, 3.63) is 35.2 Å². The first-order valence-electron chi connectivity index (χ1n) is 7.55. The normalized spacial score (nSPS) is 19.8. The number of hydrogen-bond acceptors (Lipinski definition) is 5. The molecule has 0 bridgehead atoms. The zero-order valence-corrected chi connectivity index (χ0v) is 13.4. The number of hydrogen-bond donors (Lipinski definition) is 1. The number of hydrazone groups is 1. The lowest BCUT2D eigenvalue weighted by atomic mass is 9.89. The molecule has 0 aliphatic heterocycles. The molecule has 1 saturated carbocycles. The standard InChI is InChI=1S/C17H18N4S/c1-12-4-2-3-5-15(12)20-21-17-19-16(11-22-17)14-8-6-13(10-18)7-9-14/h6-9,11-12H,2-5H2,1H3,(H,19,21)/b20-15-. The Kier molecular flexibility index (Phi) is 4.50. The van der Waals surface area contributed by atoms with E-state index < -0.39 is 0 Å². The Labute approximate surface area is 134 Å². The maximum absolute atomic E-state index is 8.83. The van der Waals surface area contributed by atoms with Crippen LogP contribution in [0.3, 0.4) is 0 Å². The van der Waals surface area contributed by atoms with E-state index in [9.17, 15) is 0 Å². The molecule has 22 heavy (non-hydrogen) atoms. The number of benzene rings is 1. The second-order valence-electron chi connectivity index (χ2n) is 5.59. The summed E-state index contributed by atoms with van der Waals surface area (Å²) >= 11 is 1.55. The first-order chi connectivity index (χ1) is 10.8. The second kappa shape index (κ2) is 6.71. The number of thiazole rings is 1. The number of aromatic nitrogens is 1. The summed E-state index contributed by atoms with van der Waals surface area (Å²) in [6, 6.07) is 9.59. The van der Waals surface area contributed by atoms with Crippen LogP contribution < -0.4 is 5.43 Å². The predicted molar refractivity (Wildman–Crippen MR) is 91.0 cm³/mol. The van der Waals surface area contributed by atoms with Crippen LogP contribution in [0.4, 0.5) is 5.13 Å². The Morgan fingerprint density at radius 3 is 2.86 bits per heavy atom. The molecule has 1 unspecified atom stereocenters. The maximum Gasteiger partial charge on any atom is 0.203 e. The molecule has 0 radical (unpaired) electrons. The summed E-state index contributed by atoms with van der Waals surface area (Å²) in [6.45, 7) is 2.24. The Morgan fingerprint density at radius 2 is 2.14 bits per heavy atom. The van der Waals surface area contributed by atoms with Gasteiger partial charge in [-0.05, 0) is 37.3 Å². The van der Waals surface area contributed by atoms with Gasteiger partial charge in [-0.2, -0.15) is 10.4 Å². The molecular formula is C17H18N4S. The molecule has 1 N–H and O–H groups in total. The van der Waals surface area contributed by atoms with Gasteiger partial charge < -0.3 is 0 Å². The summed E-state index contributed by atoms with van der Waals surface area (Å²) in [5, 5.41) is 16.2. The fraction of sp³-hybridized carbons (Fsp3) is 0.353. The quantitative estimate of drug-likeness (QED) is 0.839. The van der Waals surface area contributed by atoms with Gasteiger partial charge in [0, 0.05) is 16.7 Å². The lowest BCUT2D eigenvalue weighted by Gasteiger charge is -2.19. The largest absolute Gasteiger partial charge is 0.253 e. The third-order valence-corrected chi connectivity index (χ3v) is 4.74. The van der Waals surface area contributed by atoms with Gasteiger partial charge in [-0.15, -0.1) is 11.3 Å². The summed E-state index contributed by atoms with van der Waals surface area (Å²) in [5.74, 6) is 0.569. The highest BCUT2D eigenvalue weighted by Gasteiger charge is 2.15. The van der Waals surface area contributed by atoms with Gasteiger partial charge in [0.1, 0.15) is 0 Å². The van der Waals surface area contributed by atoms with E-state index in [2.05, 4.69) is 28.5 Å². The number of nitrogens with zero attached hydrogens (tertiary/aromatic N) is 3. The van der Waals surface area contributed by atoms with E-state index in [-0.39, 0.29) is 0 Å². The molecule has 112 valence electrons. The van der Waals surface area contributed by atoms with E-state index in [0.717, 1.165) is 22.8 Å². The average Bonchev–Trinajstić information content (AvgIpc) is 3.03. The Hall–Kier alpha value is -2.19. The molecule has 1 aromatic carbocycles. The third-order valence-electron chi connectivity index (χ3n) is 4.00. The molecule has 0 spiro atoms. The molecule has 5 heteroatoms.